The molecule has 2 unspecified atom stereocenters. The van der Waals surface area contributed by atoms with Gasteiger partial charge in [0.1, 0.15) is 0 Å². The van der Waals surface area contributed by atoms with Crippen LogP contribution in [-0.4, -0.2) is 80.3 Å². The van der Waals surface area contributed by atoms with Crippen LogP contribution in [0.25, 0.3) is 0 Å². The highest BCUT2D eigenvalue weighted by Crippen LogP contribution is 2.18. The first-order valence-corrected chi connectivity index (χ1v) is 7.85. The lowest BCUT2D eigenvalue weighted by atomic mass is 10.1. The maximum atomic E-state index is 11.7. The van der Waals surface area contributed by atoms with Crippen LogP contribution in [0.2, 0.25) is 0 Å². The van der Waals surface area contributed by atoms with Gasteiger partial charge in [-0.25, -0.2) is 8.42 Å². The highest BCUT2D eigenvalue weighted by atomic mass is 32.2. The van der Waals surface area contributed by atoms with E-state index in [2.05, 4.69) is 10.2 Å². The minimum Gasteiger partial charge on any atom is -0.481 e. The molecule has 2 atom stereocenters. The van der Waals surface area contributed by atoms with Crippen LogP contribution in [0.4, 0.5) is 0 Å². The average molecular weight is 277 g/mol. The summed E-state index contributed by atoms with van der Waals surface area (Å²) in [6, 6.07) is 0.0674. The number of carbonyl (C=O) groups is 1. The van der Waals surface area contributed by atoms with Gasteiger partial charge < -0.3 is 10.4 Å². The largest absolute Gasteiger partial charge is 0.481 e. The molecule has 0 spiro atoms. The lowest BCUT2D eigenvalue weighted by Crippen LogP contribution is -2.54. The maximum absolute atomic E-state index is 11.7. The molecule has 2 aliphatic heterocycles. The third-order valence-corrected chi connectivity index (χ3v) is 4.82. The van der Waals surface area contributed by atoms with Crippen molar-refractivity contribution in [1.29, 1.82) is 0 Å². The number of carboxylic acids is 1. The Balaban J connectivity index is 2.22. The topological polar surface area (TPSA) is 90.0 Å². The van der Waals surface area contributed by atoms with E-state index in [9.17, 15) is 18.3 Å². The van der Waals surface area contributed by atoms with Crippen molar-refractivity contribution in [2.45, 2.75) is 6.04 Å². The van der Waals surface area contributed by atoms with Crippen LogP contribution in [0.15, 0.2) is 0 Å². The summed E-state index contributed by atoms with van der Waals surface area (Å²) >= 11 is 0. The van der Waals surface area contributed by atoms with Gasteiger partial charge in [-0.15, -0.1) is 0 Å². The molecule has 0 bridgehead atoms. The van der Waals surface area contributed by atoms with E-state index in [1.807, 2.05) is 0 Å². The van der Waals surface area contributed by atoms with Crippen molar-refractivity contribution >= 4 is 16.0 Å². The van der Waals surface area contributed by atoms with Gasteiger partial charge in [-0.3, -0.25) is 9.69 Å². The monoisotopic (exact) mass is 277 g/mol. The molecule has 0 aromatic heterocycles. The minimum atomic E-state index is -3.35. The first-order chi connectivity index (χ1) is 8.38. The van der Waals surface area contributed by atoms with E-state index < -0.39 is 21.9 Å². The molecular weight excluding hydrogens is 258 g/mol. The zero-order valence-electron chi connectivity index (χ0n) is 10.4. The van der Waals surface area contributed by atoms with Gasteiger partial charge in [0, 0.05) is 45.3 Å². The minimum absolute atomic E-state index is 0.0674. The first-order valence-electron chi connectivity index (χ1n) is 6.00. The molecule has 0 amide bonds. The zero-order chi connectivity index (χ0) is 13.3. The molecule has 0 aromatic rings. The fourth-order valence-corrected chi connectivity index (χ4v) is 3.44. The number of aliphatic carboxylic acids is 1. The molecule has 2 rings (SSSR count). The van der Waals surface area contributed by atoms with E-state index in [1.54, 1.807) is 0 Å². The third-order valence-electron chi connectivity index (χ3n) is 3.58. The van der Waals surface area contributed by atoms with Gasteiger partial charge in [0.2, 0.25) is 10.0 Å². The number of carboxylic acid groups (broad SMARTS) is 1. The lowest BCUT2D eigenvalue weighted by molar-refractivity contribution is -0.142. The van der Waals surface area contributed by atoms with Gasteiger partial charge in [0.05, 0.1) is 12.2 Å². The molecular formula is C10H19N3O4S. The van der Waals surface area contributed by atoms with Crippen LogP contribution in [0.1, 0.15) is 0 Å². The predicted molar refractivity (Wildman–Crippen MR) is 65.8 cm³/mol. The molecule has 18 heavy (non-hydrogen) atoms. The standard InChI is InChI=1S/C10H19N3O4S/c1-18(16,17)13-6-8(10(14)15)5-12-3-2-11-4-9(12)7-13/h8-9,11H,2-7H2,1H3,(H,14,15). The lowest BCUT2D eigenvalue weighted by Gasteiger charge is -2.35. The molecule has 7 nitrogen and oxygen atoms in total. The van der Waals surface area contributed by atoms with Crippen molar-refractivity contribution in [2.24, 2.45) is 5.92 Å². The van der Waals surface area contributed by atoms with E-state index in [0.29, 0.717) is 19.6 Å². The Hall–Kier alpha value is -0.700. The smallest absolute Gasteiger partial charge is 0.309 e. The Morgan fingerprint density at radius 2 is 2.06 bits per heavy atom. The van der Waals surface area contributed by atoms with Gasteiger partial charge in [-0.1, -0.05) is 0 Å². The second kappa shape index (κ2) is 5.12. The molecule has 0 saturated carbocycles. The Bertz CT molecular complexity index is 425. The van der Waals surface area contributed by atoms with E-state index in [-0.39, 0.29) is 12.6 Å². The summed E-state index contributed by atoms with van der Waals surface area (Å²) in [5.74, 6) is -1.58. The Morgan fingerprint density at radius 1 is 1.33 bits per heavy atom. The highest BCUT2D eigenvalue weighted by molar-refractivity contribution is 7.88. The molecule has 104 valence electrons. The summed E-state index contributed by atoms with van der Waals surface area (Å²) < 4.78 is 24.6. The number of nitrogens with zero attached hydrogens (tertiary/aromatic N) is 2. The third kappa shape index (κ3) is 3.00. The molecule has 0 aromatic carbocycles. The highest BCUT2D eigenvalue weighted by Gasteiger charge is 2.37. The number of fused-ring (bicyclic) bond motifs is 1. The summed E-state index contributed by atoms with van der Waals surface area (Å²) in [6.07, 6.45) is 1.14. The van der Waals surface area contributed by atoms with Gasteiger partial charge in [0.25, 0.3) is 0 Å². The molecule has 0 aliphatic carbocycles. The SMILES string of the molecule is CS(=O)(=O)N1CC(C(=O)O)CN2CCNCC2C1. The summed E-state index contributed by atoms with van der Waals surface area (Å²) in [5.41, 5.74) is 0. The molecule has 0 radical (unpaired) electrons. The second-order valence-electron chi connectivity index (χ2n) is 4.97. The number of rotatable bonds is 2. The molecule has 2 heterocycles. The maximum Gasteiger partial charge on any atom is 0.309 e. The van der Waals surface area contributed by atoms with Crippen LogP contribution in [0.5, 0.6) is 0 Å². The summed E-state index contributed by atoms with van der Waals surface area (Å²) in [4.78, 5) is 13.3. The average Bonchev–Trinajstić information content (AvgIpc) is 2.47. The van der Waals surface area contributed by atoms with Crippen molar-refractivity contribution in [1.82, 2.24) is 14.5 Å². The summed E-state index contributed by atoms with van der Waals surface area (Å²) in [5, 5.41) is 12.4. The normalized spacial score (nSPS) is 31.6. The first kappa shape index (κ1) is 13.7. The van der Waals surface area contributed by atoms with Crippen molar-refractivity contribution in [3.05, 3.63) is 0 Å². The van der Waals surface area contributed by atoms with E-state index in [0.717, 1.165) is 19.3 Å². The molecule has 2 saturated heterocycles. The van der Waals surface area contributed by atoms with Crippen molar-refractivity contribution < 1.29 is 18.3 Å². The van der Waals surface area contributed by atoms with Crippen LogP contribution >= 0.6 is 0 Å². The fraction of sp³-hybridized carbons (Fsp3) is 0.900. The molecule has 2 aliphatic rings. The summed E-state index contributed by atoms with van der Waals surface area (Å²) in [7, 11) is -3.35. The second-order valence-corrected chi connectivity index (χ2v) is 6.95. The van der Waals surface area contributed by atoms with Gasteiger partial charge in [0.15, 0.2) is 0 Å². The molecule has 2 fully saturated rings. The zero-order valence-corrected chi connectivity index (χ0v) is 11.2. The predicted octanol–water partition coefficient (Wildman–Crippen LogP) is -1.76. The quantitative estimate of drug-likeness (QED) is 0.621. The van der Waals surface area contributed by atoms with E-state index >= 15 is 0 Å². The molecule has 8 heteroatoms. The van der Waals surface area contributed by atoms with Crippen LogP contribution in [0, 0.1) is 5.92 Å². The van der Waals surface area contributed by atoms with Gasteiger partial charge in [-0.05, 0) is 0 Å². The Labute approximate surface area is 107 Å². The van der Waals surface area contributed by atoms with Crippen molar-refractivity contribution in [3.63, 3.8) is 0 Å². The van der Waals surface area contributed by atoms with E-state index in [4.69, 9.17) is 0 Å². The van der Waals surface area contributed by atoms with Gasteiger partial charge in [-0.2, -0.15) is 4.31 Å². The van der Waals surface area contributed by atoms with Crippen LogP contribution < -0.4 is 5.32 Å². The number of hydrogen-bond acceptors (Lipinski definition) is 5. The van der Waals surface area contributed by atoms with Crippen LogP contribution in [-0.2, 0) is 14.8 Å². The van der Waals surface area contributed by atoms with E-state index in [1.165, 1.54) is 4.31 Å². The molecule has 2 N–H and O–H groups in total. The Kier molecular flexibility index (Phi) is 3.90. The number of hydrogen-bond donors (Lipinski definition) is 2. The summed E-state index contributed by atoms with van der Waals surface area (Å²) in [6.45, 7) is 3.16. The fourth-order valence-electron chi connectivity index (χ4n) is 2.55. The Morgan fingerprint density at radius 3 is 2.67 bits per heavy atom. The number of nitrogens with one attached hydrogen (secondary N) is 1. The van der Waals surface area contributed by atoms with Crippen LogP contribution in [0.3, 0.4) is 0 Å². The number of sulfonamides is 1. The van der Waals surface area contributed by atoms with Crippen molar-refractivity contribution in [2.75, 3.05) is 45.5 Å². The number of piperazine rings is 1. The van der Waals surface area contributed by atoms with Gasteiger partial charge >= 0.3 is 5.97 Å². The van der Waals surface area contributed by atoms with Crippen molar-refractivity contribution in [3.8, 4) is 0 Å².